The Morgan fingerprint density at radius 2 is 1.77 bits per heavy atom. The number of nitrogens with zero attached hydrogens (tertiary/aromatic N) is 3. The molecule has 31 heavy (non-hydrogen) atoms. The Morgan fingerprint density at radius 1 is 1.13 bits per heavy atom. The highest BCUT2D eigenvalue weighted by atomic mass is 31.0. The third kappa shape index (κ3) is 5.92. The van der Waals surface area contributed by atoms with Crippen molar-refractivity contribution in [2.45, 2.75) is 31.4 Å². The van der Waals surface area contributed by atoms with Crippen LogP contribution in [0.1, 0.15) is 29.2 Å². The Labute approximate surface area is 179 Å². The Kier molecular flexibility index (Phi) is 7.28. The van der Waals surface area contributed by atoms with Gasteiger partial charge < -0.3 is 9.80 Å². The second-order valence-corrected chi connectivity index (χ2v) is 7.92. The molecule has 0 saturated carbocycles. The minimum atomic E-state index is -4.77. The molecule has 2 unspecified atom stereocenters. The molecule has 10 heteroatoms. The number of amides is 1. The third-order valence-corrected chi connectivity index (χ3v) is 5.02. The molecule has 2 aromatic rings. The molecule has 0 radical (unpaired) electrons. The van der Waals surface area contributed by atoms with E-state index in [0.29, 0.717) is 5.56 Å². The second-order valence-electron chi connectivity index (χ2n) is 7.20. The van der Waals surface area contributed by atoms with Gasteiger partial charge >= 0.3 is 6.18 Å². The first kappa shape index (κ1) is 24.5. The molecular formula is C21H21F5N3OP. The number of benzene rings is 2. The molecule has 0 aliphatic heterocycles. The van der Waals surface area contributed by atoms with E-state index in [2.05, 4.69) is 0 Å². The summed E-state index contributed by atoms with van der Waals surface area (Å²) in [5.74, 6) is -0.384. The highest BCUT2D eigenvalue weighted by Crippen LogP contribution is 2.37. The summed E-state index contributed by atoms with van der Waals surface area (Å²) < 4.78 is 67.7. The normalized spacial score (nSPS) is 12.8. The number of anilines is 1. The van der Waals surface area contributed by atoms with Gasteiger partial charge in [-0.15, -0.1) is 0 Å². The topological polar surface area (TPSA) is 47.3 Å². The van der Waals surface area contributed by atoms with Gasteiger partial charge in [0, 0.05) is 31.9 Å². The largest absolute Gasteiger partial charge is 0.417 e. The molecule has 2 rings (SSSR count). The van der Waals surface area contributed by atoms with E-state index in [1.54, 1.807) is 6.07 Å². The maximum atomic E-state index is 13.7. The Morgan fingerprint density at radius 3 is 2.29 bits per heavy atom. The van der Waals surface area contributed by atoms with Crippen molar-refractivity contribution in [1.82, 2.24) is 4.90 Å². The van der Waals surface area contributed by atoms with E-state index in [1.165, 1.54) is 70.4 Å². The average Bonchev–Trinajstić information content (AvgIpc) is 2.69. The SMILES string of the molecule is CC(C(=O)N(C)C)N(Cc1cccc(C(F)(F)P)c1)c1ccc(C#N)c(C(F)(F)F)c1. The van der Waals surface area contributed by atoms with Crippen LogP contribution in [-0.4, -0.2) is 30.9 Å². The van der Waals surface area contributed by atoms with Gasteiger partial charge in [-0.05, 0) is 36.8 Å². The van der Waals surface area contributed by atoms with Crippen LogP contribution in [-0.2, 0) is 23.2 Å². The van der Waals surface area contributed by atoms with Crippen LogP contribution in [0.2, 0.25) is 0 Å². The summed E-state index contributed by atoms with van der Waals surface area (Å²) in [4.78, 5) is 15.2. The van der Waals surface area contributed by atoms with E-state index in [1.807, 2.05) is 0 Å². The fraction of sp³-hybridized carbons (Fsp3) is 0.333. The van der Waals surface area contributed by atoms with Gasteiger partial charge in [0.1, 0.15) is 6.04 Å². The smallest absolute Gasteiger partial charge is 0.355 e. The summed E-state index contributed by atoms with van der Waals surface area (Å²) in [6.07, 6.45) is -4.77. The summed E-state index contributed by atoms with van der Waals surface area (Å²) in [5.41, 5.74) is -4.71. The van der Waals surface area contributed by atoms with E-state index in [4.69, 9.17) is 5.26 Å². The lowest BCUT2D eigenvalue weighted by Gasteiger charge is -2.33. The summed E-state index contributed by atoms with van der Waals surface area (Å²) in [7, 11) is 4.44. The van der Waals surface area contributed by atoms with Crippen molar-refractivity contribution in [2.24, 2.45) is 0 Å². The lowest BCUT2D eigenvalue weighted by molar-refractivity contribution is -0.137. The van der Waals surface area contributed by atoms with Crippen molar-refractivity contribution < 1.29 is 26.7 Å². The molecule has 0 saturated heterocycles. The maximum absolute atomic E-state index is 13.7. The van der Waals surface area contributed by atoms with Crippen molar-refractivity contribution in [3.63, 3.8) is 0 Å². The van der Waals surface area contributed by atoms with Crippen molar-refractivity contribution >= 4 is 20.8 Å². The van der Waals surface area contributed by atoms with E-state index in [9.17, 15) is 26.7 Å². The predicted molar refractivity (Wildman–Crippen MR) is 111 cm³/mol. The first-order valence-corrected chi connectivity index (χ1v) is 9.68. The molecule has 166 valence electrons. The molecule has 0 spiro atoms. The Bertz CT molecular complexity index is 996. The molecule has 0 bridgehead atoms. The number of halogens is 5. The van der Waals surface area contributed by atoms with Gasteiger partial charge in [-0.25, -0.2) is 0 Å². The molecule has 1 amide bonds. The van der Waals surface area contributed by atoms with E-state index >= 15 is 0 Å². The van der Waals surface area contributed by atoms with Gasteiger partial charge in [-0.3, -0.25) is 4.79 Å². The summed E-state index contributed by atoms with van der Waals surface area (Å²) in [6, 6.07) is 9.19. The second kappa shape index (κ2) is 9.19. The molecule has 0 aliphatic carbocycles. The molecule has 0 heterocycles. The number of nitriles is 1. The monoisotopic (exact) mass is 457 g/mol. The number of carbonyl (C=O) groups is 1. The van der Waals surface area contributed by atoms with E-state index in [-0.39, 0.29) is 23.7 Å². The third-order valence-electron chi connectivity index (χ3n) is 4.69. The highest BCUT2D eigenvalue weighted by Gasteiger charge is 2.35. The molecule has 0 N–H and O–H groups in total. The van der Waals surface area contributed by atoms with Crippen LogP contribution >= 0.6 is 9.24 Å². The number of carbonyl (C=O) groups excluding carboxylic acids is 1. The lowest BCUT2D eigenvalue weighted by Crippen LogP contribution is -2.44. The molecule has 0 aromatic heterocycles. The van der Waals surface area contributed by atoms with Crippen molar-refractivity contribution in [2.75, 3.05) is 19.0 Å². The number of rotatable bonds is 6. The summed E-state index contributed by atoms with van der Waals surface area (Å²) in [5, 5.41) is 9.03. The minimum absolute atomic E-state index is 0.0389. The molecule has 2 aromatic carbocycles. The van der Waals surface area contributed by atoms with Crippen LogP contribution in [0.3, 0.4) is 0 Å². The van der Waals surface area contributed by atoms with Crippen molar-refractivity contribution in [3.05, 3.63) is 64.7 Å². The van der Waals surface area contributed by atoms with Gasteiger partial charge in [0.05, 0.1) is 17.2 Å². The van der Waals surface area contributed by atoms with Crippen LogP contribution in [0.4, 0.5) is 27.6 Å². The number of hydrogen-bond acceptors (Lipinski definition) is 3. The van der Waals surface area contributed by atoms with Crippen molar-refractivity contribution in [3.8, 4) is 6.07 Å². The average molecular weight is 457 g/mol. The highest BCUT2D eigenvalue weighted by molar-refractivity contribution is 7.17. The molecule has 0 fully saturated rings. The zero-order valence-corrected chi connectivity index (χ0v) is 18.2. The van der Waals surface area contributed by atoms with E-state index < -0.39 is 29.0 Å². The van der Waals surface area contributed by atoms with Gasteiger partial charge in [-0.2, -0.15) is 27.2 Å². The summed E-state index contributed by atoms with van der Waals surface area (Å²) >= 11 is 0. The number of likely N-dealkylation sites (N-methyl/N-ethyl adjacent to an activating group) is 1. The van der Waals surface area contributed by atoms with Crippen LogP contribution in [0, 0.1) is 11.3 Å². The predicted octanol–water partition coefficient (Wildman–Crippen LogP) is 4.98. The first-order valence-electron chi connectivity index (χ1n) is 9.11. The Hall–Kier alpha value is -2.72. The first-order chi connectivity index (χ1) is 14.3. The van der Waals surface area contributed by atoms with Crippen LogP contribution in [0.25, 0.3) is 0 Å². The quantitative estimate of drug-likeness (QED) is 0.454. The Balaban J connectivity index is 2.58. The standard InChI is InChI=1S/C21H21F5N3OP/c1-13(19(30)28(2)3)29(12-14-5-4-6-16(9-14)21(25,26)31)17-8-7-15(11-27)18(10-17)20(22,23)24/h4-10,13H,12,31H2,1-3H3. The van der Waals surface area contributed by atoms with Gasteiger partial charge in [0.2, 0.25) is 5.91 Å². The van der Waals surface area contributed by atoms with E-state index in [0.717, 1.165) is 12.1 Å². The van der Waals surface area contributed by atoms with Gasteiger partial charge in [0.25, 0.3) is 5.66 Å². The minimum Gasteiger partial charge on any atom is -0.355 e. The number of hydrogen-bond donors (Lipinski definition) is 0. The van der Waals surface area contributed by atoms with Crippen LogP contribution < -0.4 is 4.90 Å². The summed E-state index contributed by atoms with van der Waals surface area (Å²) in [6.45, 7) is 1.42. The number of alkyl halides is 5. The molecule has 4 nitrogen and oxygen atoms in total. The zero-order valence-electron chi connectivity index (χ0n) is 17.0. The maximum Gasteiger partial charge on any atom is 0.417 e. The van der Waals surface area contributed by atoms with Crippen LogP contribution in [0.5, 0.6) is 0 Å². The fourth-order valence-electron chi connectivity index (χ4n) is 3.08. The molecule has 0 aliphatic rings. The van der Waals surface area contributed by atoms with Crippen molar-refractivity contribution in [1.29, 1.82) is 5.26 Å². The lowest BCUT2D eigenvalue weighted by atomic mass is 10.0. The van der Waals surface area contributed by atoms with Gasteiger partial charge in [-0.1, -0.05) is 27.4 Å². The molecule has 2 atom stereocenters. The fourth-order valence-corrected chi connectivity index (χ4v) is 3.25. The van der Waals surface area contributed by atoms with Gasteiger partial charge in [0.15, 0.2) is 0 Å². The molecular weight excluding hydrogens is 436 g/mol. The zero-order chi connectivity index (χ0) is 23.6. The van der Waals surface area contributed by atoms with Crippen LogP contribution in [0.15, 0.2) is 42.5 Å².